The van der Waals surface area contributed by atoms with E-state index < -0.39 is 18.4 Å². The lowest BCUT2D eigenvalue weighted by Crippen LogP contribution is -2.27. The Bertz CT molecular complexity index is 324. The summed E-state index contributed by atoms with van der Waals surface area (Å²) < 4.78 is 29.7. The SMILES string of the molecule is CCC(O)(CC(F)F)c1ccc(OC)cc1. The van der Waals surface area contributed by atoms with Crippen molar-refractivity contribution >= 4 is 0 Å². The highest BCUT2D eigenvalue weighted by molar-refractivity contribution is 5.30. The second-order valence-corrected chi connectivity index (χ2v) is 3.71. The summed E-state index contributed by atoms with van der Waals surface area (Å²) in [6, 6.07) is 6.54. The Morgan fingerprint density at radius 2 is 1.88 bits per heavy atom. The zero-order valence-electron chi connectivity index (χ0n) is 9.41. The molecule has 1 N–H and O–H groups in total. The molecule has 0 radical (unpaired) electrons. The average molecular weight is 230 g/mol. The molecule has 90 valence electrons. The van der Waals surface area contributed by atoms with Gasteiger partial charge in [0.25, 0.3) is 0 Å². The summed E-state index contributed by atoms with van der Waals surface area (Å²) in [6.45, 7) is 1.69. The van der Waals surface area contributed by atoms with Crippen LogP contribution < -0.4 is 4.74 Å². The zero-order chi connectivity index (χ0) is 12.2. The highest BCUT2D eigenvalue weighted by atomic mass is 19.3. The van der Waals surface area contributed by atoms with Crippen LogP contribution in [0.2, 0.25) is 0 Å². The van der Waals surface area contributed by atoms with Crippen molar-refractivity contribution < 1.29 is 18.6 Å². The van der Waals surface area contributed by atoms with Crippen LogP contribution in [0.1, 0.15) is 25.3 Å². The number of halogens is 2. The van der Waals surface area contributed by atoms with Crippen molar-refractivity contribution in [3.8, 4) is 5.75 Å². The molecule has 1 atom stereocenters. The summed E-state index contributed by atoms with van der Waals surface area (Å²) in [5.41, 5.74) is -0.962. The maximum Gasteiger partial charge on any atom is 0.241 e. The minimum Gasteiger partial charge on any atom is -0.497 e. The highest BCUT2D eigenvalue weighted by Gasteiger charge is 2.30. The predicted molar refractivity (Wildman–Crippen MR) is 57.8 cm³/mol. The summed E-state index contributed by atoms with van der Waals surface area (Å²) >= 11 is 0. The van der Waals surface area contributed by atoms with Crippen LogP contribution in [0, 0.1) is 0 Å². The second kappa shape index (κ2) is 5.25. The van der Waals surface area contributed by atoms with Gasteiger partial charge in [-0.1, -0.05) is 19.1 Å². The molecule has 1 unspecified atom stereocenters. The van der Waals surface area contributed by atoms with Crippen molar-refractivity contribution in [1.29, 1.82) is 0 Å². The van der Waals surface area contributed by atoms with Gasteiger partial charge in [0, 0.05) is 6.42 Å². The van der Waals surface area contributed by atoms with Gasteiger partial charge in [-0.3, -0.25) is 0 Å². The molecular weight excluding hydrogens is 214 g/mol. The lowest BCUT2D eigenvalue weighted by molar-refractivity contribution is -0.0295. The van der Waals surface area contributed by atoms with E-state index in [-0.39, 0.29) is 6.42 Å². The predicted octanol–water partition coefficient (Wildman–Crippen LogP) is 2.95. The van der Waals surface area contributed by atoms with E-state index in [4.69, 9.17) is 4.74 Å². The van der Waals surface area contributed by atoms with Crippen LogP contribution in [0.15, 0.2) is 24.3 Å². The van der Waals surface area contributed by atoms with Crippen LogP contribution in [0.25, 0.3) is 0 Å². The first-order chi connectivity index (χ1) is 7.51. The summed E-state index contributed by atoms with van der Waals surface area (Å²) in [5.74, 6) is 0.638. The molecule has 0 heterocycles. The topological polar surface area (TPSA) is 29.5 Å². The van der Waals surface area contributed by atoms with Crippen molar-refractivity contribution in [2.24, 2.45) is 0 Å². The molecule has 0 saturated heterocycles. The minimum atomic E-state index is -2.52. The molecule has 0 spiro atoms. The number of ether oxygens (including phenoxy) is 1. The van der Waals surface area contributed by atoms with Gasteiger partial charge in [0.05, 0.1) is 12.7 Å². The zero-order valence-corrected chi connectivity index (χ0v) is 9.41. The average Bonchev–Trinajstić information content (AvgIpc) is 2.28. The number of alkyl halides is 2. The smallest absolute Gasteiger partial charge is 0.241 e. The fourth-order valence-electron chi connectivity index (χ4n) is 1.62. The Morgan fingerprint density at radius 1 is 1.31 bits per heavy atom. The summed E-state index contributed by atoms with van der Waals surface area (Å²) in [6.07, 6.45) is -2.81. The normalized spacial score (nSPS) is 14.9. The maximum atomic E-state index is 12.4. The molecule has 1 rings (SSSR count). The largest absolute Gasteiger partial charge is 0.497 e. The fourth-order valence-corrected chi connectivity index (χ4v) is 1.62. The van der Waals surface area contributed by atoms with Crippen LogP contribution in [0.5, 0.6) is 5.75 Å². The lowest BCUT2D eigenvalue weighted by Gasteiger charge is -2.27. The van der Waals surface area contributed by atoms with Crippen LogP contribution in [-0.2, 0) is 5.60 Å². The molecule has 2 nitrogen and oxygen atoms in total. The molecule has 0 saturated carbocycles. The molecule has 0 aromatic heterocycles. The molecule has 1 aromatic carbocycles. The Labute approximate surface area is 93.9 Å². The molecule has 0 bridgehead atoms. The number of aliphatic hydroxyl groups is 1. The van der Waals surface area contributed by atoms with E-state index in [1.165, 1.54) is 7.11 Å². The molecule has 16 heavy (non-hydrogen) atoms. The summed E-state index contributed by atoms with van der Waals surface area (Å²) in [4.78, 5) is 0. The van der Waals surface area contributed by atoms with E-state index in [1.54, 1.807) is 31.2 Å². The first kappa shape index (κ1) is 12.9. The molecule has 4 heteroatoms. The number of hydrogen-bond donors (Lipinski definition) is 1. The van der Waals surface area contributed by atoms with Gasteiger partial charge in [-0.15, -0.1) is 0 Å². The van der Waals surface area contributed by atoms with Crippen LogP contribution in [0.4, 0.5) is 8.78 Å². The fraction of sp³-hybridized carbons (Fsp3) is 0.500. The van der Waals surface area contributed by atoms with E-state index >= 15 is 0 Å². The van der Waals surface area contributed by atoms with Crippen molar-refractivity contribution in [3.05, 3.63) is 29.8 Å². The first-order valence-electron chi connectivity index (χ1n) is 5.17. The molecule has 0 fully saturated rings. The first-order valence-corrected chi connectivity index (χ1v) is 5.17. The standard InChI is InChI=1S/C12H16F2O2/c1-3-12(15,8-11(13)14)9-4-6-10(16-2)7-5-9/h4-7,11,15H,3,8H2,1-2H3. The number of methoxy groups -OCH3 is 1. The molecule has 0 amide bonds. The van der Waals surface area contributed by atoms with Crippen LogP contribution >= 0.6 is 0 Å². The van der Waals surface area contributed by atoms with E-state index in [2.05, 4.69) is 0 Å². The summed E-state index contributed by atoms with van der Waals surface area (Å²) in [5, 5.41) is 10.1. The monoisotopic (exact) mass is 230 g/mol. The van der Waals surface area contributed by atoms with Crippen molar-refractivity contribution in [1.82, 2.24) is 0 Å². The van der Waals surface area contributed by atoms with Gasteiger partial charge in [0.2, 0.25) is 6.43 Å². The van der Waals surface area contributed by atoms with Crippen LogP contribution in [0.3, 0.4) is 0 Å². The Hall–Kier alpha value is -1.16. The third kappa shape index (κ3) is 2.92. The third-order valence-corrected chi connectivity index (χ3v) is 2.70. The van der Waals surface area contributed by atoms with Gasteiger partial charge in [0.15, 0.2) is 0 Å². The lowest BCUT2D eigenvalue weighted by atomic mass is 9.88. The van der Waals surface area contributed by atoms with Gasteiger partial charge >= 0.3 is 0 Å². The van der Waals surface area contributed by atoms with Gasteiger partial charge in [0.1, 0.15) is 5.75 Å². The molecular formula is C12H16F2O2. The summed E-state index contributed by atoms with van der Waals surface area (Å²) in [7, 11) is 1.53. The van der Waals surface area contributed by atoms with Gasteiger partial charge in [-0.25, -0.2) is 8.78 Å². The van der Waals surface area contributed by atoms with Crippen molar-refractivity contribution in [3.63, 3.8) is 0 Å². The minimum absolute atomic E-state index is 0.254. The Balaban J connectivity index is 2.93. The van der Waals surface area contributed by atoms with E-state index in [0.717, 1.165) is 0 Å². The van der Waals surface area contributed by atoms with Gasteiger partial charge in [-0.2, -0.15) is 0 Å². The van der Waals surface area contributed by atoms with E-state index in [0.29, 0.717) is 11.3 Å². The van der Waals surface area contributed by atoms with Crippen molar-refractivity contribution in [2.75, 3.05) is 7.11 Å². The quantitative estimate of drug-likeness (QED) is 0.842. The van der Waals surface area contributed by atoms with Gasteiger partial charge < -0.3 is 9.84 Å². The Kier molecular flexibility index (Phi) is 4.24. The van der Waals surface area contributed by atoms with E-state index in [9.17, 15) is 13.9 Å². The van der Waals surface area contributed by atoms with Crippen molar-refractivity contribution in [2.45, 2.75) is 31.8 Å². The van der Waals surface area contributed by atoms with Crippen LogP contribution in [-0.4, -0.2) is 18.6 Å². The van der Waals surface area contributed by atoms with E-state index in [1.807, 2.05) is 0 Å². The second-order valence-electron chi connectivity index (χ2n) is 3.71. The highest BCUT2D eigenvalue weighted by Crippen LogP contribution is 2.32. The number of rotatable bonds is 5. The number of benzene rings is 1. The molecule has 0 aliphatic heterocycles. The number of hydrogen-bond acceptors (Lipinski definition) is 2. The molecule has 0 aliphatic rings. The van der Waals surface area contributed by atoms with Gasteiger partial charge in [-0.05, 0) is 24.1 Å². The molecule has 0 aliphatic carbocycles. The molecule has 1 aromatic rings. The Morgan fingerprint density at radius 3 is 2.25 bits per heavy atom. The third-order valence-electron chi connectivity index (χ3n) is 2.70. The maximum absolute atomic E-state index is 12.4.